The van der Waals surface area contributed by atoms with E-state index in [1.54, 1.807) is 0 Å². The molecule has 0 spiro atoms. The third-order valence-electron chi connectivity index (χ3n) is 2.72. The molecule has 1 fully saturated rings. The van der Waals surface area contributed by atoms with Gasteiger partial charge in [-0.1, -0.05) is 64.7 Å². The summed E-state index contributed by atoms with van der Waals surface area (Å²) in [5.41, 5.74) is 0. The molecule has 0 aromatic heterocycles. The first-order valence-corrected chi connectivity index (χ1v) is 9.20. The van der Waals surface area contributed by atoms with Gasteiger partial charge >= 0.3 is 40.0 Å². The maximum absolute atomic E-state index is 8.74. The molecule has 0 aromatic carbocycles. The van der Waals surface area contributed by atoms with Crippen molar-refractivity contribution < 1.29 is 58.4 Å². The molecule has 132 valence electrons. The predicted octanol–water partition coefficient (Wildman–Crippen LogP) is 0.380. The Balaban J connectivity index is -0.000000149. The van der Waals surface area contributed by atoms with E-state index in [2.05, 4.69) is 11.7 Å². The van der Waals surface area contributed by atoms with Crippen LogP contribution in [0.15, 0.2) is 0 Å². The van der Waals surface area contributed by atoms with E-state index in [0.29, 0.717) is 6.61 Å². The summed E-state index contributed by atoms with van der Waals surface area (Å²) in [7, 11) is -4.67. The van der Waals surface area contributed by atoms with Crippen LogP contribution in [-0.2, 0) is 15.1 Å². The monoisotopic (exact) mass is 352 g/mol. The van der Waals surface area contributed by atoms with E-state index >= 15 is 0 Å². The Hall–Kier alpha value is 0.790. The number of epoxide rings is 1. The predicted molar refractivity (Wildman–Crippen MR) is 85.0 cm³/mol. The van der Waals surface area contributed by atoms with E-state index in [1.807, 2.05) is 0 Å². The van der Waals surface area contributed by atoms with E-state index in [-0.39, 0.29) is 31.0 Å². The second-order valence-electron chi connectivity index (χ2n) is 4.97. The Morgan fingerprint density at radius 1 is 0.864 bits per heavy atom. The number of hydrogen-bond donors (Lipinski definition) is 3. The van der Waals surface area contributed by atoms with Crippen molar-refractivity contribution in [3.63, 3.8) is 0 Å². The molecule has 0 atom stereocenters. The van der Waals surface area contributed by atoms with Crippen LogP contribution in [-0.4, -0.2) is 42.5 Å². The van der Waals surface area contributed by atoms with Crippen LogP contribution in [0, 0.1) is 0 Å². The van der Waals surface area contributed by atoms with Gasteiger partial charge in [0.15, 0.2) is 0 Å². The van der Waals surface area contributed by atoms with Gasteiger partial charge in [-0.3, -0.25) is 9.11 Å². The van der Waals surface area contributed by atoms with Crippen molar-refractivity contribution in [1.29, 1.82) is 0 Å². The number of hydrogen-bond acceptors (Lipinski definition) is 4. The van der Waals surface area contributed by atoms with Gasteiger partial charge in [0.1, 0.15) is 0 Å². The van der Waals surface area contributed by atoms with Crippen molar-refractivity contribution in [2.24, 2.45) is 0 Å². The Kier molecular flexibility index (Phi) is 27.4. The van der Waals surface area contributed by atoms with Crippen LogP contribution in [0.25, 0.3) is 0 Å². The second-order valence-corrected chi connectivity index (χ2v) is 5.86. The van der Waals surface area contributed by atoms with E-state index in [9.17, 15) is 0 Å². The smallest absolute Gasteiger partial charge is 1.00 e. The first-order chi connectivity index (χ1) is 9.91. The number of aliphatic hydroxyl groups excluding tert-OH is 1. The van der Waals surface area contributed by atoms with Crippen molar-refractivity contribution in [3.05, 3.63) is 0 Å². The minimum Gasteiger partial charge on any atom is -1.00 e. The fourth-order valence-electron chi connectivity index (χ4n) is 1.60. The van der Waals surface area contributed by atoms with Crippen molar-refractivity contribution in [2.75, 3.05) is 19.8 Å². The van der Waals surface area contributed by atoms with Gasteiger partial charge in [0.25, 0.3) is 0 Å². The Morgan fingerprint density at radius 3 is 1.36 bits per heavy atom. The number of unbranched alkanes of at least 4 members (excludes halogenated alkanes) is 9. The summed E-state index contributed by atoms with van der Waals surface area (Å²) in [6, 6.07) is 0. The minimum absolute atomic E-state index is 0. The van der Waals surface area contributed by atoms with Gasteiger partial charge in [0, 0.05) is 6.61 Å². The van der Waals surface area contributed by atoms with E-state index in [1.165, 1.54) is 57.8 Å². The van der Waals surface area contributed by atoms with Crippen molar-refractivity contribution in [1.82, 2.24) is 0 Å². The molecule has 22 heavy (non-hydrogen) atoms. The maximum atomic E-state index is 8.74. The molecule has 0 aromatic rings. The Labute approximate surface area is 159 Å². The summed E-state index contributed by atoms with van der Waals surface area (Å²) >= 11 is 0. The average molecular weight is 352 g/mol. The summed E-state index contributed by atoms with van der Waals surface area (Å²) in [6.07, 6.45) is 13.3. The maximum Gasteiger partial charge on any atom is 1.00 e. The van der Waals surface area contributed by atoms with E-state index < -0.39 is 10.4 Å². The Morgan fingerprint density at radius 2 is 1.14 bits per heavy atom. The molecule has 1 aliphatic rings. The first-order valence-electron chi connectivity index (χ1n) is 7.80. The molecule has 0 amide bonds. The van der Waals surface area contributed by atoms with Gasteiger partial charge < -0.3 is 11.3 Å². The van der Waals surface area contributed by atoms with Crippen LogP contribution in [0.5, 0.6) is 0 Å². The van der Waals surface area contributed by atoms with Crippen LogP contribution in [0.2, 0.25) is 0 Å². The SMILES string of the molecule is C1CO1.CCCCCCCCCCCCO.O=S(=O)(O)O.[H-].[Na+]. The minimum atomic E-state index is -4.67. The van der Waals surface area contributed by atoms with Crippen molar-refractivity contribution in [3.8, 4) is 0 Å². The molecule has 1 aliphatic heterocycles. The zero-order chi connectivity index (χ0) is 16.4. The standard InChI is InChI=1S/C12H26O.C2H4O.Na.H2O4S.H/c1-2-3-4-5-6-7-8-9-10-11-12-13;1-2-3-1;;1-5(2,3)4;/h13H,2-12H2,1H3;1-2H2;;(H2,1,2,3,4);/q;;+1;;-1. The van der Waals surface area contributed by atoms with Crippen LogP contribution in [0.4, 0.5) is 0 Å². The molecule has 1 heterocycles. The van der Waals surface area contributed by atoms with Gasteiger partial charge in [-0.25, -0.2) is 0 Å². The summed E-state index contributed by atoms with van der Waals surface area (Å²) in [5.74, 6) is 0. The topological polar surface area (TPSA) is 107 Å². The fraction of sp³-hybridized carbons (Fsp3) is 1.00. The fourth-order valence-corrected chi connectivity index (χ4v) is 1.60. The van der Waals surface area contributed by atoms with Crippen LogP contribution >= 0.6 is 0 Å². The van der Waals surface area contributed by atoms with E-state index in [0.717, 1.165) is 19.6 Å². The van der Waals surface area contributed by atoms with Gasteiger partial charge in [-0.15, -0.1) is 0 Å². The quantitative estimate of drug-likeness (QED) is 0.227. The second kappa shape index (κ2) is 21.8. The zero-order valence-corrected chi connectivity index (χ0v) is 17.0. The molecule has 1 rings (SSSR count). The third-order valence-corrected chi connectivity index (χ3v) is 2.72. The van der Waals surface area contributed by atoms with Crippen LogP contribution in [0.1, 0.15) is 72.6 Å². The summed E-state index contributed by atoms with van der Waals surface area (Å²) < 4.78 is 36.1. The summed E-state index contributed by atoms with van der Waals surface area (Å²) in [4.78, 5) is 0. The van der Waals surface area contributed by atoms with Crippen LogP contribution < -0.4 is 29.6 Å². The van der Waals surface area contributed by atoms with Crippen LogP contribution in [0.3, 0.4) is 0 Å². The first kappa shape index (κ1) is 27.6. The molecule has 0 unspecified atom stereocenters. The Bertz CT molecular complexity index is 268. The molecular formula is C14H33NaO6S. The largest absolute Gasteiger partial charge is 1.00 e. The van der Waals surface area contributed by atoms with Crippen molar-refractivity contribution in [2.45, 2.75) is 71.1 Å². The third kappa shape index (κ3) is 58.6. The molecule has 3 N–H and O–H groups in total. The molecule has 0 aliphatic carbocycles. The number of rotatable bonds is 10. The zero-order valence-electron chi connectivity index (χ0n) is 15.2. The van der Waals surface area contributed by atoms with Gasteiger partial charge in [0.05, 0.1) is 13.2 Å². The normalized spacial score (nSPS) is 12.2. The average Bonchev–Trinajstić information content (AvgIpc) is 3.23. The molecule has 0 bridgehead atoms. The molecule has 1 saturated heterocycles. The summed E-state index contributed by atoms with van der Waals surface area (Å²) in [5, 5.41) is 8.57. The van der Waals surface area contributed by atoms with Gasteiger partial charge in [-0.2, -0.15) is 8.42 Å². The summed E-state index contributed by atoms with van der Waals surface area (Å²) in [6.45, 7) is 4.63. The number of ether oxygens (including phenoxy) is 1. The molecule has 8 heteroatoms. The van der Waals surface area contributed by atoms with Gasteiger partial charge in [0.2, 0.25) is 0 Å². The molecular weight excluding hydrogens is 319 g/mol. The van der Waals surface area contributed by atoms with E-state index in [4.69, 9.17) is 22.6 Å². The molecule has 6 nitrogen and oxygen atoms in total. The van der Waals surface area contributed by atoms with Crippen molar-refractivity contribution >= 4 is 10.4 Å². The molecule has 0 saturated carbocycles. The van der Waals surface area contributed by atoms with Gasteiger partial charge in [-0.05, 0) is 6.42 Å². The molecule has 0 radical (unpaired) electrons. The number of aliphatic hydroxyl groups is 1.